The molecule has 0 saturated carbocycles. The monoisotopic (exact) mass is 368 g/mol. The number of rotatable bonds is 2. The van der Waals surface area contributed by atoms with Crippen LogP contribution in [0.2, 0.25) is 5.02 Å². The molecule has 0 N–H and O–H groups in total. The molecule has 0 aliphatic carbocycles. The highest BCUT2D eigenvalue weighted by molar-refractivity contribution is 9.10. The van der Waals surface area contributed by atoms with Gasteiger partial charge in [0, 0.05) is 10.2 Å². The Morgan fingerprint density at radius 3 is 2.70 bits per heavy atom. The Labute approximate surface area is 135 Å². The van der Waals surface area contributed by atoms with E-state index < -0.39 is 0 Å². The van der Waals surface area contributed by atoms with E-state index in [-0.39, 0.29) is 0 Å². The molecular weight excluding hydrogens is 359 g/mol. The third-order valence-electron chi connectivity index (χ3n) is 3.16. The van der Waals surface area contributed by atoms with Crippen molar-refractivity contribution in [3.63, 3.8) is 0 Å². The van der Waals surface area contributed by atoms with E-state index in [4.69, 9.17) is 23.2 Å². The van der Waals surface area contributed by atoms with Crippen LogP contribution in [0.1, 0.15) is 11.4 Å². The van der Waals surface area contributed by atoms with E-state index in [2.05, 4.69) is 33.9 Å². The lowest BCUT2D eigenvalue weighted by Gasteiger charge is -2.09. The Morgan fingerprint density at radius 1 is 1.20 bits per heavy atom. The summed E-state index contributed by atoms with van der Waals surface area (Å²) in [5, 5.41) is 0.664. The first-order chi connectivity index (χ1) is 9.60. The van der Waals surface area contributed by atoms with E-state index in [0.717, 1.165) is 27.0 Å². The fourth-order valence-corrected chi connectivity index (χ4v) is 2.84. The van der Waals surface area contributed by atoms with Crippen LogP contribution in [-0.4, -0.2) is 9.55 Å². The van der Waals surface area contributed by atoms with Crippen molar-refractivity contribution in [2.75, 3.05) is 0 Å². The first kappa shape index (κ1) is 13.9. The highest BCUT2D eigenvalue weighted by Crippen LogP contribution is 2.29. The van der Waals surface area contributed by atoms with Crippen LogP contribution in [0.3, 0.4) is 0 Å². The van der Waals surface area contributed by atoms with Crippen LogP contribution in [0.4, 0.5) is 0 Å². The van der Waals surface area contributed by atoms with Gasteiger partial charge in [-0.15, -0.1) is 11.6 Å². The largest absolute Gasteiger partial charge is 0.295 e. The lowest BCUT2D eigenvalue weighted by molar-refractivity contribution is 0.981. The number of nitrogens with zero attached hydrogens (tertiary/aromatic N) is 2. The molecule has 0 aliphatic heterocycles. The first-order valence-corrected chi connectivity index (χ1v) is 7.80. The molecule has 0 atom stereocenters. The van der Waals surface area contributed by atoms with Crippen LogP contribution >= 0.6 is 39.1 Å². The minimum atomic E-state index is 0.349. The third-order valence-corrected chi connectivity index (χ3v) is 4.63. The van der Waals surface area contributed by atoms with Gasteiger partial charge in [-0.2, -0.15) is 0 Å². The third kappa shape index (κ3) is 2.34. The molecule has 102 valence electrons. The van der Waals surface area contributed by atoms with Crippen molar-refractivity contribution in [1.82, 2.24) is 9.55 Å². The Bertz CT molecular complexity index is 796. The first-order valence-electron chi connectivity index (χ1n) is 6.09. The molecule has 1 aromatic heterocycles. The van der Waals surface area contributed by atoms with E-state index in [1.54, 1.807) is 0 Å². The molecule has 0 spiro atoms. The summed E-state index contributed by atoms with van der Waals surface area (Å²) in [7, 11) is 0. The summed E-state index contributed by atoms with van der Waals surface area (Å²) in [6.07, 6.45) is 0. The molecule has 3 aromatic rings. The Morgan fingerprint density at radius 2 is 2.00 bits per heavy atom. The number of imidazole rings is 1. The second kappa shape index (κ2) is 5.40. The minimum absolute atomic E-state index is 0.349. The van der Waals surface area contributed by atoms with Crippen LogP contribution in [0.5, 0.6) is 0 Å². The molecule has 2 nitrogen and oxygen atoms in total. The maximum absolute atomic E-state index is 6.20. The average Bonchev–Trinajstić information content (AvgIpc) is 2.79. The summed E-state index contributed by atoms with van der Waals surface area (Å²) in [6, 6.07) is 12.0. The Hall–Kier alpha value is -1.03. The van der Waals surface area contributed by atoms with E-state index in [1.807, 2.05) is 34.9 Å². The standard InChI is InChI=1S/C15H11BrCl2N2/c1-9-2-5-13-14(6-9)20(15(8-17)19-13)10-3-4-11(16)12(18)7-10/h2-7H,8H2,1H3. The maximum atomic E-state index is 6.20. The smallest absolute Gasteiger partial charge is 0.129 e. The Kier molecular flexibility index (Phi) is 3.76. The molecule has 0 bridgehead atoms. The lowest BCUT2D eigenvalue weighted by Crippen LogP contribution is -1.99. The zero-order valence-corrected chi connectivity index (χ0v) is 13.8. The highest BCUT2D eigenvalue weighted by Gasteiger charge is 2.12. The molecule has 2 aromatic carbocycles. The summed E-state index contributed by atoms with van der Waals surface area (Å²) in [6.45, 7) is 2.06. The van der Waals surface area contributed by atoms with Crippen molar-refractivity contribution in [3.05, 3.63) is 57.3 Å². The van der Waals surface area contributed by atoms with Crippen LogP contribution in [-0.2, 0) is 5.88 Å². The van der Waals surface area contributed by atoms with Gasteiger partial charge < -0.3 is 0 Å². The zero-order valence-electron chi connectivity index (χ0n) is 10.7. The summed E-state index contributed by atoms with van der Waals surface area (Å²) in [5.74, 6) is 1.16. The van der Waals surface area contributed by atoms with Crippen LogP contribution < -0.4 is 0 Å². The molecule has 0 radical (unpaired) electrons. The molecule has 20 heavy (non-hydrogen) atoms. The SMILES string of the molecule is Cc1ccc2nc(CCl)n(-c3ccc(Br)c(Cl)c3)c2c1. The van der Waals surface area contributed by atoms with Gasteiger partial charge in [-0.25, -0.2) is 4.98 Å². The normalized spacial score (nSPS) is 11.2. The number of hydrogen-bond donors (Lipinski definition) is 0. The zero-order chi connectivity index (χ0) is 14.3. The van der Waals surface area contributed by atoms with Crippen molar-refractivity contribution < 1.29 is 0 Å². The predicted octanol–water partition coefficient (Wildman–Crippen LogP) is 5.49. The molecule has 3 rings (SSSR count). The number of alkyl halides is 1. The quantitative estimate of drug-likeness (QED) is 0.546. The summed E-state index contributed by atoms with van der Waals surface area (Å²) in [4.78, 5) is 4.58. The van der Waals surface area contributed by atoms with Crippen LogP contribution in [0, 0.1) is 6.92 Å². The molecule has 0 fully saturated rings. The van der Waals surface area contributed by atoms with Gasteiger partial charge >= 0.3 is 0 Å². The predicted molar refractivity (Wildman–Crippen MR) is 88.1 cm³/mol. The molecule has 0 unspecified atom stereocenters. The van der Waals surface area contributed by atoms with E-state index in [0.29, 0.717) is 10.9 Å². The number of benzene rings is 2. The Balaban J connectivity index is 2.32. The van der Waals surface area contributed by atoms with Gasteiger partial charge in [0.15, 0.2) is 0 Å². The molecule has 5 heteroatoms. The van der Waals surface area contributed by atoms with Gasteiger partial charge in [0.1, 0.15) is 5.82 Å². The summed E-state index contributed by atoms with van der Waals surface area (Å²) >= 11 is 15.6. The van der Waals surface area contributed by atoms with Crippen LogP contribution in [0.25, 0.3) is 16.7 Å². The molecular formula is C15H11BrCl2N2. The average molecular weight is 370 g/mol. The van der Waals surface area contributed by atoms with Crippen molar-refractivity contribution in [3.8, 4) is 5.69 Å². The number of fused-ring (bicyclic) bond motifs is 1. The fourth-order valence-electron chi connectivity index (χ4n) is 2.24. The van der Waals surface area contributed by atoms with Crippen molar-refractivity contribution in [2.45, 2.75) is 12.8 Å². The number of hydrogen-bond acceptors (Lipinski definition) is 1. The number of aryl methyl sites for hydroxylation is 1. The van der Waals surface area contributed by atoms with Gasteiger partial charge in [0.05, 0.1) is 21.9 Å². The van der Waals surface area contributed by atoms with E-state index in [9.17, 15) is 0 Å². The maximum Gasteiger partial charge on any atom is 0.129 e. The van der Waals surface area contributed by atoms with Gasteiger partial charge in [0.25, 0.3) is 0 Å². The van der Waals surface area contributed by atoms with Crippen molar-refractivity contribution >= 4 is 50.2 Å². The number of halogens is 3. The summed E-state index contributed by atoms with van der Waals surface area (Å²) < 4.78 is 2.92. The van der Waals surface area contributed by atoms with Gasteiger partial charge in [-0.1, -0.05) is 17.7 Å². The topological polar surface area (TPSA) is 17.8 Å². The molecule has 0 saturated heterocycles. The number of aromatic nitrogens is 2. The highest BCUT2D eigenvalue weighted by atomic mass is 79.9. The molecule has 0 aliphatic rings. The van der Waals surface area contributed by atoms with Crippen molar-refractivity contribution in [2.24, 2.45) is 0 Å². The van der Waals surface area contributed by atoms with Crippen LogP contribution in [0.15, 0.2) is 40.9 Å². The van der Waals surface area contributed by atoms with E-state index in [1.165, 1.54) is 5.56 Å². The van der Waals surface area contributed by atoms with E-state index >= 15 is 0 Å². The molecule has 0 amide bonds. The molecule has 1 heterocycles. The summed E-state index contributed by atoms with van der Waals surface area (Å²) in [5.41, 5.74) is 4.12. The van der Waals surface area contributed by atoms with Gasteiger partial charge in [-0.3, -0.25) is 4.57 Å². The lowest BCUT2D eigenvalue weighted by atomic mass is 10.2. The fraction of sp³-hybridized carbons (Fsp3) is 0.133. The second-order valence-electron chi connectivity index (χ2n) is 4.59. The minimum Gasteiger partial charge on any atom is -0.295 e. The van der Waals surface area contributed by atoms with Gasteiger partial charge in [0.2, 0.25) is 0 Å². The van der Waals surface area contributed by atoms with Gasteiger partial charge in [-0.05, 0) is 58.7 Å². The van der Waals surface area contributed by atoms with Crippen molar-refractivity contribution in [1.29, 1.82) is 0 Å². The second-order valence-corrected chi connectivity index (χ2v) is 6.12.